The molecule has 0 radical (unpaired) electrons. The first kappa shape index (κ1) is 24.5. The molecule has 1 atom stereocenters. The lowest BCUT2D eigenvalue weighted by atomic mass is 9.82. The average Bonchev–Trinajstić information content (AvgIpc) is 3.37. The van der Waals surface area contributed by atoms with Crippen LogP contribution in [-0.4, -0.2) is 22.6 Å². The van der Waals surface area contributed by atoms with Gasteiger partial charge in [0, 0.05) is 33.6 Å². The van der Waals surface area contributed by atoms with Crippen LogP contribution in [0.1, 0.15) is 18.4 Å². The maximum atomic E-state index is 13.4. The Bertz CT molecular complexity index is 1330. The molecule has 3 aromatic rings. The highest BCUT2D eigenvalue weighted by molar-refractivity contribution is 8.03. The van der Waals surface area contributed by atoms with Gasteiger partial charge in [-0.3, -0.25) is 9.59 Å². The molecule has 1 aliphatic rings. The van der Waals surface area contributed by atoms with Gasteiger partial charge in [-0.1, -0.05) is 53.7 Å². The number of hydrogen-bond acceptors (Lipinski definition) is 7. The van der Waals surface area contributed by atoms with Crippen molar-refractivity contribution in [3.8, 4) is 6.07 Å². The number of dihydropyridines is 1. The molecule has 7 nitrogen and oxygen atoms in total. The average molecular weight is 522 g/mol. The zero-order chi connectivity index (χ0) is 24.8. The Hall–Kier alpha value is -3.58. The molecule has 4 rings (SSSR count). The summed E-state index contributed by atoms with van der Waals surface area (Å²) < 4.78 is 0. The number of thiazole rings is 1. The monoisotopic (exact) mass is 521 g/mol. The van der Waals surface area contributed by atoms with Crippen LogP contribution in [0.5, 0.6) is 0 Å². The van der Waals surface area contributed by atoms with Gasteiger partial charge in [0.25, 0.3) is 5.91 Å². The van der Waals surface area contributed by atoms with Gasteiger partial charge < -0.3 is 16.0 Å². The summed E-state index contributed by atoms with van der Waals surface area (Å²) in [6.45, 7) is 1.79. The van der Waals surface area contributed by atoms with Crippen LogP contribution < -0.4 is 16.0 Å². The molecule has 0 bridgehead atoms. The third-order valence-corrected chi connectivity index (χ3v) is 7.11. The minimum atomic E-state index is -0.598. The molecule has 0 aliphatic carbocycles. The molecule has 2 amide bonds. The lowest BCUT2D eigenvalue weighted by molar-refractivity contribution is -0.114. The van der Waals surface area contributed by atoms with Crippen LogP contribution in [0.3, 0.4) is 0 Å². The standard InChI is InChI=1S/C25H20ClN5O2S2/c1-15-21(23(33)30-18-9-7-17(26)8-10-18)22(16-5-3-2-4-6-16)19(13-27)24(29-15)35-14-20(32)31-25-28-11-12-34-25/h2-12,22,29H,14H2,1H3,(H,30,33)(H,28,31,32). The fraction of sp³-hybridized carbons (Fsp3) is 0.120. The second kappa shape index (κ2) is 11.2. The van der Waals surface area contributed by atoms with E-state index >= 15 is 0 Å². The van der Waals surface area contributed by atoms with Crippen LogP contribution in [0.25, 0.3) is 0 Å². The first-order valence-electron chi connectivity index (χ1n) is 10.5. The molecule has 35 heavy (non-hydrogen) atoms. The molecule has 2 heterocycles. The summed E-state index contributed by atoms with van der Waals surface area (Å²) in [5.74, 6) is -1.08. The molecule has 0 fully saturated rings. The number of nitrogens with one attached hydrogen (secondary N) is 3. The van der Waals surface area contributed by atoms with E-state index in [0.29, 0.717) is 37.7 Å². The largest absolute Gasteiger partial charge is 0.353 e. The smallest absolute Gasteiger partial charge is 0.254 e. The maximum Gasteiger partial charge on any atom is 0.254 e. The van der Waals surface area contributed by atoms with E-state index in [2.05, 4.69) is 27.0 Å². The van der Waals surface area contributed by atoms with E-state index in [-0.39, 0.29) is 17.6 Å². The molecule has 1 aliphatic heterocycles. The Labute approximate surface area is 215 Å². The predicted molar refractivity (Wildman–Crippen MR) is 141 cm³/mol. The highest BCUT2D eigenvalue weighted by atomic mass is 35.5. The minimum absolute atomic E-state index is 0.0776. The van der Waals surface area contributed by atoms with Crippen molar-refractivity contribution in [2.75, 3.05) is 16.4 Å². The Balaban J connectivity index is 1.62. The van der Waals surface area contributed by atoms with Crippen molar-refractivity contribution in [1.29, 1.82) is 5.26 Å². The van der Waals surface area contributed by atoms with Gasteiger partial charge in [-0.25, -0.2) is 4.98 Å². The number of anilines is 2. The van der Waals surface area contributed by atoms with Crippen molar-refractivity contribution < 1.29 is 9.59 Å². The zero-order valence-corrected chi connectivity index (χ0v) is 20.9. The van der Waals surface area contributed by atoms with Crippen molar-refractivity contribution in [2.45, 2.75) is 12.8 Å². The Kier molecular flexibility index (Phi) is 7.87. The highest BCUT2D eigenvalue weighted by Gasteiger charge is 2.34. The third kappa shape index (κ3) is 5.92. The number of amides is 2. The second-order valence-corrected chi connectivity index (χ2v) is 9.81. The summed E-state index contributed by atoms with van der Waals surface area (Å²) in [5.41, 5.74) is 2.80. The number of aromatic nitrogens is 1. The first-order valence-corrected chi connectivity index (χ1v) is 12.8. The lowest BCUT2D eigenvalue weighted by Gasteiger charge is -2.29. The fourth-order valence-electron chi connectivity index (χ4n) is 3.62. The SMILES string of the molecule is CC1=C(C(=O)Nc2ccc(Cl)cc2)C(c2ccccc2)C(C#N)=C(SCC(=O)Nc2nccs2)N1. The van der Waals surface area contributed by atoms with Gasteiger partial charge in [0.15, 0.2) is 5.13 Å². The topological polar surface area (TPSA) is 107 Å². The van der Waals surface area contributed by atoms with Crippen LogP contribution in [0.4, 0.5) is 10.8 Å². The molecule has 10 heteroatoms. The summed E-state index contributed by atoms with van der Waals surface area (Å²) >= 11 is 8.50. The van der Waals surface area contributed by atoms with Gasteiger partial charge >= 0.3 is 0 Å². The number of hydrogen-bond donors (Lipinski definition) is 3. The quantitative estimate of drug-likeness (QED) is 0.379. The number of nitrogens with zero attached hydrogens (tertiary/aromatic N) is 2. The van der Waals surface area contributed by atoms with Crippen molar-refractivity contribution in [2.24, 2.45) is 0 Å². The Morgan fingerprint density at radius 3 is 2.57 bits per heavy atom. The fourth-order valence-corrected chi connectivity index (χ4v) is 5.18. The van der Waals surface area contributed by atoms with Gasteiger partial charge in [0.2, 0.25) is 5.91 Å². The molecule has 176 valence electrons. The van der Waals surface area contributed by atoms with Crippen molar-refractivity contribution in [3.05, 3.63) is 98.6 Å². The normalized spacial score (nSPS) is 15.3. The van der Waals surface area contributed by atoms with Gasteiger partial charge in [-0.15, -0.1) is 11.3 Å². The van der Waals surface area contributed by atoms with Gasteiger partial charge in [0.1, 0.15) is 0 Å². The van der Waals surface area contributed by atoms with Gasteiger partial charge in [-0.2, -0.15) is 5.26 Å². The van der Waals surface area contributed by atoms with E-state index < -0.39 is 5.92 Å². The molecule has 0 spiro atoms. The number of thioether (sulfide) groups is 1. The number of rotatable bonds is 7. The lowest BCUT2D eigenvalue weighted by Crippen LogP contribution is -2.31. The summed E-state index contributed by atoms with van der Waals surface area (Å²) in [5, 5.41) is 22.3. The third-order valence-electron chi connectivity index (χ3n) is 5.15. The molecular weight excluding hydrogens is 502 g/mol. The van der Waals surface area contributed by atoms with Crippen LogP contribution in [0, 0.1) is 11.3 Å². The zero-order valence-electron chi connectivity index (χ0n) is 18.5. The first-order chi connectivity index (χ1) is 17.0. The van der Waals surface area contributed by atoms with Gasteiger partial charge in [0.05, 0.1) is 28.3 Å². The summed E-state index contributed by atoms with van der Waals surface area (Å²) in [7, 11) is 0. The van der Waals surface area contributed by atoms with Crippen molar-refractivity contribution in [3.63, 3.8) is 0 Å². The minimum Gasteiger partial charge on any atom is -0.353 e. The van der Waals surface area contributed by atoms with Crippen LogP contribution in [-0.2, 0) is 9.59 Å². The van der Waals surface area contributed by atoms with E-state index in [4.69, 9.17) is 11.6 Å². The van der Waals surface area contributed by atoms with E-state index in [1.165, 1.54) is 23.1 Å². The molecule has 2 aromatic carbocycles. The summed E-state index contributed by atoms with van der Waals surface area (Å²) in [6.07, 6.45) is 1.61. The molecule has 0 saturated heterocycles. The van der Waals surface area contributed by atoms with E-state index in [0.717, 1.165) is 5.56 Å². The second-order valence-electron chi connectivity index (χ2n) is 7.50. The number of halogens is 1. The maximum absolute atomic E-state index is 13.4. The summed E-state index contributed by atoms with van der Waals surface area (Å²) in [4.78, 5) is 29.9. The molecular formula is C25H20ClN5O2S2. The van der Waals surface area contributed by atoms with Crippen LogP contribution in [0.15, 0.2) is 88.0 Å². The number of carbonyl (C=O) groups excluding carboxylic acids is 2. The summed E-state index contributed by atoms with van der Waals surface area (Å²) in [6, 6.07) is 18.5. The van der Waals surface area contributed by atoms with E-state index in [9.17, 15) is 14.9 Å². The van der Waals surface area contributed by atoms with E-state index in [1.54, 1.807) is 42.8 Å². The van der Waals surface area contributed by atoms with Crippen molar-refractivity contribution >= 4 is 57.3 Å². The molecule has 0 saturated carbocycles. The van der Waals surface area contributed by atoms with E-state index in [1.807, 2.05) is 30.3 Å². The highest BCUT2D eigenvalue weighted by Crippen LogP contribution is 2.41. The van der Waals surface area contributed by atoms with Crippen LogP contribution in [0.2, 0.25) is 5.02 Å². The molecule has 3 N–H and O–H groups in total. The number of benzene rings is 2. The number of allylic oxidation sites excluding steroid dienone is 2. The van der Waals surface area contributed by atoms with Gasteiger partial charge in [-0.05, 0) is 36.8 Å². The van der Waals surface area contributed by atoms with Crippen LogP contribution >= 0.6 is 34.7 Å². The molecule has 1 unspecified atom stereocenters. The Morgan fingerprint density at radius 2 is 1.91 bits per heavy atom. The van der Waals surface area contributed by atoms with Crippen molar-refractivity contribution in [1.82, 2.24) is 10.3 Å². The molecule has 1 aromatic heterocycles. The number of nitriles is 1. The Morgan fingerprint density at radius 1 is 1.17 bits per heavy atom. The number of carbonyl (C=O) groups is 2. The predicted octanol–water partition coefficient (Wildman–Crippen LogP) is 5.50.